The number of nitrogens with zero attached hydrogens (tertiary/aromatic N) is 2. The molecule has 0 bridgehead atoms. The van der Waals surface area contributed by atoms with Gasteiger partial charge in [-0.05, 0) is 24.5 Å². The molecule has 0 saturated carbocycles. The molecule has 4 nitrogen and oxygen atoms in total. The van der Waals surface area contributed by atoms with Crippen LogP contribution in [0.4, 0.5) is 4.39 Å². The predicted molar refractivity (Wildman–Crippen MR) is 79.6 cm³/mol. The van der Waals surface area contributed by atoms with E-state index in [-0.39, 0.29) is 23.4 Å². The molecule has 1 aromatic carbocycles. The van der Waals surface area contributed by atoms with E-state index in [1.165, 1.54) is 17.0 Å². The number of carbonyl (C=O) groups is 1. The first-order chi connectivity index (χ1) is 9.70. The summed E-state index contributed by atoms with van der Waals surface area (Å²) >= 11 is 0. The van der Waals surface area contributed by atoms with Crippen LogP contribution in [0.1, 0.15) is 38.8 Å². The van der Waals surface area contributed by atoms with Gasteiger partial charge in [0.25, 0.3) is 0 Å². The Morgan fingerprint density at radius 3 is 2.52 bits per heavy atom. The van der Waals surface area contributed by atoms with Gasteiger partial charge in [-0.15, -0.1) is 0 Å². The van der Waals surface area contributed by atoms with E-state index in [1.807, 2.05) is 33.8 Å². The van der Waals surface area contributed by atoms with Gasteiger partial charge in [-0.25, -0.2) is 4.39 Å². The van der Waals surface area contributed by atoms with Gasteiger partial charge in [0.05, 0.1) is 17.7 Å². The summed E-state index contributed by atoms with van der Waals surface area (Å²) in [5, 5.41) is 8.73. The first-order valence-corrected chi connectivity index (χ1v) is 6.93. The van der Waals surface area contributed by atoms with Crippen molar-refractivity contribution < 1.29 is 9.18 Å². The van der Waals surface area contributed by atoms with Crippen LogP contribution in [-0.4, -0.2) is 23.4 Å². The second-order valence-corrected chi connectivity index (χ2v) is 6.11. The summed E-state index contributed by atoms with van der Waals surface area (Å²) in [5.41, 5.74) is 6.27. The monoisotopic (exact) mass is 291 g/mol. The molecule has 0 spiro atoms. The number of halogens is 1. The quantitative estimate of drug-likeness (QED) is 0.926. The Kier molecular flexibility index (Phi) is 5.45. The lowest BCUT2D eigenvalue weighted by Crippen LogP contribution is -2.50. The minimum Gasteiger partial charge on any atom is -0.337 e. The predicted octanol–water partition coefficient (Wildman–Crippen LogP) is 2.42. The fourth-order valence-electron chi connectivity index (χ4n) is 1.86. The number of likely N-dealkylation sites (N-methyl/N-ethyl adjacent to an activating group) is 1. The molecule has 0 aliphatic carbocycles. The number of hydrogen-bond acceptors (Lipinski definition) is 3. The van der Waals surface area contributed by atoms with Gasteiger partial charge >= 0.3 is 0 Å². The molecule has 1 amide bonds. The number of rotatable bonds is 4. The van der Waals surface area contributed by atoms with Gasteiger partial charge in [0.15, 0.2) is 0 Å². The van der Waals surface area contributed by atoms with Crippen molar-refractivity contribution in [3.63, 3.8) is 0 Å². The highest BCUT2D eigenvalue weighted by Gasteiger charge is 2.30. The third-order valence-electron chi connectivity index (χ3n) is 3.44. The van der Waals surface area contributed by atoms with Crippen LogP contribution in [0.25, 0.3) is 0 Å². The zero-order valence-corrected chi connectivity index (χ0v) is 13.0. The summed E-state index contributed by atoms with van der Waals surface area (Å²) in [5.74, 6) is -0.682. The molecule has 2 N–H and O–H groups in total. The van der Waals surface area contributed by atoms with Crippen LogP contribution in [0.15, 0.2) is 18.2 Å². The van der Waals surface area contributed by atoms with Crippen LogP contribution in [-0.2, 0) is 11.3 Å². The van der Waals surface area contributed by atoms with Crippen molar-refractivity contribution in [2.75, 3.05) is 6.54 Å². The maximum Gasteiger partial charge on any atom is 0.240 e. The van der Waals surface area contributed by atoms with Crippen molar-refractivity contribution in [2.45, 2.75) is 40.3 Å². The summed E-state index contributed by atoms with van der Waals surface area (Å²) in [7, 11) is 0. The van der Waals surface area contributed by atoms with Crippen LogP contribution >= 0.6 is 0 Å². The number of nitriles is 1. The molecule has 114 valence electrons. The van der Waals surface area contributed by atoms with E-state index in [0.29, 0.717) is 12.1 Å². The Balaban J connectivity index is 2.93. The number of benzene rings is 1. The van der Waals surface area contributed by atoms with Gasteiger partial charge in [0.1, 0.15) is 5.82 Å². The van der Waals surface area contributed by atoms with Crippen LogP contribution in [0.2, 0.25) is 0 Å². The lowest BCUT2D eigenvalue weighted by Gasteiger charge is -2.31. The highest BCUT2D eigenvalue weighted by Crippen LogP contribution is 2.20. The summed E-state index contributed by atoms with van der Waals surface area (Å²) in [6, 6.07) is 5.50. The van der Waals surface area contributed by atoms with Crippen molar-refractivity contribution >= 4 is 5.91 Å². The maximum atomic E-state index is 13.9. The molecule has 0 heterocycles. The third kappa shape index (κ3) is 4.27. The molecule has 0 saturated heterocycles. The highest BCUT2D eigenvalue weighted by atomic mass is 19.1. The molecule has 21 heavy (non-hydrogen) atoms. The molecule has 0 unspecified atom stereocenters. The Bertz CT molecular complexity index is 558. The molecule has 1 atom stereocenters. The van der Waals surface area contributed by atoms with Crippen molar-refractivity contribution in [3.8, 4) is 6.07 Å². The average Bonchev–Trinajstić information content (AvgIpc) is 2.43. The molecule has 0 aliphatic heterocycles. The molecular weight excluding hydrogens is 269 g/mol. The van der Waals surface area contributed by atoms with Crippen LogP contribution in [0, 0.1) is 22.6 Å². The topological polar surface area (TPSA) is 70.1 Å². The molecule has 0 radical (unpaired) electrons. The van der Waals surface area contributed by atoms with Gasteiger partial charge in [-0.1, -0.05) is 26.8 Å². The van der Waals surface area contributed by atoms with E-state index in [0.717, 1.165) is 0 Å². The summed E-state index contributed by atoms with van der Waals surface area (Å²) in [4.78, 5) is 13.9. The van der Waals surface area contributed by atoms with Crippen LogP contribution < -0.4 is 5.73 Å². The fourth-order valence-corrected chi connectivity index (χ4v) is 1.86. The fraction of sp³-hybridized carbons (Fsp3) is 0.500. The summed E-state index contributed by atoms with van der Waals surface area (Å²) in [6.07, 6.45) is 0. The van der Waals surface area contributed by atoms with Crippen molar-refractivity contribution in [1.29, 1.82) is 5.26 Å². The third-order valence-corrected chi connectivity index (χ3v) is 3.44. The van der Waals surface area contributed by atoms with E-state index in [4.69, 9.17) is 11.0 Å². The lowest BCUT2D eigenvalue weighted by molar-refractivity contribution is -0.135. The van der Waals surface area contributed by atoms with Gasteiger partial charge in [0.2, 0.25) is 5.91 Å². The highest BCUT2D eigenvalue weighted by molar-refractivity contribution is 5.82. The average molecular weight is 291 g/mol. The van der Waals surface area contributed by atoms with Gasteiger partial charge in [-0.2, -0.15) is 5.26 Å². The zero-order chi connectivity index (χ0) is 16.2. The second-order valence-electron chi connectivity index (χ2n) is 6.11. The summed E-state index contributed by atoms with van der Waals surface area (Å²) in [6.45, 7) is 8.11. The van der Waals surface area contributed by atoms with E-state index < -0.39 is 11.9 Å². The maximum absolute atomic E-state index is 13.9. The SMILES string of the molecule is CCN(Cc1ccc(C#N)cc1F)C(=O)[C@H](N)C(C)(C)C. The van der Waals surface area contributed by atoms with Crippen LogP contribution in [0.5, 0.6) is 0 Å². The number of carbonyl (C=O) groups excluding carboxylic acids is 1. The van der Waals surface area contributed by atoms with E-state index in [9.17, 15) is 9.18 Å². The minimum atomic E-state index is -0.640. The second kappa shape index (κ2) is 6.68. The summed E-state index contributed by atoms with van der Waals surface area (Å²) < 4.78 is 13.9. The number of amides is 1. The Morgan fingerprint density at radius 1 is 1.48 bits per heavy atom. The minimum absolute atomic E-state index is 0.149. The zero-order valence-electron chi connectivity index (χ0n) is 13.0. The van der Waals surface area contributed by atoms with Gasteiger partial charge in [0, 0.05) is 18.7 Å². The van der Waals surface area contributed by atoms with Crippen LogP contribution in [0.3, 0.4) is 0 Å². The number of hydrogen-bond donors (Lipinski definition) is 1. The normalized spacial score (nSPS) is 12.6. The van der Waals surface area contributed by atoms with Crippen molar-refractivity contribution in [2.24, 2.45) is 11.1 Å². The molecule has 1 rings (SSSR count). The first kappa shape index (κ1) is 17.1. The largest absolute Gasteiger partial charge is 0.337 e. The molecule has 0 fully saturated rings. The molecule has 0 aliphatic rings. The van der Waals surface area contributed by atoms with Gasteiger partial charge in [-0.3, -0.25) is 4.79 Å². The van der Waals surface area contributed by atoms with Crippen molar-refractivity contribution in [1.82, 2.24) is 4.90 Å². The van der Waals surface area contributed by atoms with E-state index in [1.54, 1.807) is 6.07 Å². The van der Waals surface area contributed by atoms with Gasteiger partial charge < -0.3 is 10.6 Å². The Morgan fingerprint density at radius 2 is 2.10 bits per heavy atom. The Hall–Kier alpha value is -1.93. The van der Waals surface area contributed by atoms with E-state index in [2.05, 4.69) is 0 Å². The number of nitrogens with two attached hydrogens (primary N) is 1. The smallest absolute Gasteiger partial charge is 0.240 e. The Labute approximate surface area is 125 Å². The van der Waals surface area contributed by atoms with Crippen molar-refractivity contribution in [3.05, 3.63) is 35.1 Å². The standard InChI is InChI=1S/C16H22FN3O/c1-5-20(15(21)14(19)16(2,3)4)10-12-7-6-11(9-18)8-13(12)17/h6-8,14H,5,10,19H2,1-4H3/t14-/m0/s1. The molecule has 1 aromatic rings. The van der Waals surface area contributed by atoms with E-state index >= 15 is 0 Å². The molecule has 5 heteroatoms. The molecular formula is C16H22FN3O. The lowest BCUT2D eigenvalue weighted by atomic mass is 9.86. The molecule has 0 aromatic heterocycles. The first-order valence-electron chi connectivity index (χ1n) is 6.93.